The molecule has 0 saturated carbocycles. The minimum Gasteiger partial charge on any atom is -0.478 e. The Morgan fingerprint density at radius 2 is 1.63 bits per heavy atom. The van der Waals surface area contributed by atoms with E-state index in [0.29, 0.717) is 21.8 Å². The van der Waals surface area contributed by atoms with Gasteiger partial charge in [-0.1, -0.05) is 23.7 Å². The molecule has 0 bridgehead atoms. The van der Waals surface area contributed by atoms with Crippen LogP contribution in [0.15, 0.2) is 48.5 Å². The van der Waals surface area contributed by atoms with Gasteiger partial charge in [0.15, 0.2) is 0 Å². The van der Waals surface area contributed by atoms with Crippen LogP contribution in [0.3, 0.4) is 0 Å². The summed E-state index contributed by atoms with van der Waals surface area (Å²) >= 11 is 6.03. The highest BCUT2D eigenvalue weighted by Crippen LogP contribution is 2.27. The van der Waals surface area contributed by atoms with Gasteiger partial charge >= 0.3 is 11.9 Å². The Balaban J connectivity index is 2.16. The number of carboxylic acids is 2. The van der Waals surface area contributed by atoms with Crippen molar-refractivity contribution in [1.82, 2.24) is 4.57 Å². The molecule has 1 aromatic heterocycles. The molecule has 0 aliphatic heterocycles. The van der Waals surface area contributed by atoms with Crippen molar-refractivity contribution in [2.24, 2.45) is 0 Å². The van der Waals surface area contributed by atoms with Crippen LogP contribution in [0.5, 0.6) is 0 Å². The number of nitrogens with zero attached hydrogens (tertiary/aromatic N) is 2. The van der Waals surface area contributed by atoms with E-state index in [-0.39, 0.29) is 11.1 Å². The van der Waals surface area contributed by atoms with Crippen molar-refractivity contribution in [3.05, 3.63) is 87.2 Å². The highest BCUT2D eigenvalue weighted by Gasteiger charge is 2.16. The van der Waals surface area contributed by atoms with E-state index in [2.05, 4.69) is 6.07 Å². The third-order valence-corrected chi connectivity index (χ3v) is 4.93. The molecule has 0 atom stereocenters. The van der Waals surface area contributed by atoms with E-state index in [1.807, 2.05) is 19.9 Å². The molecule has 2 aromatic carbocycles. The van der Waals surface area contributed by atoms with Crippen LogP contribution in [0, 0.1) is 25.2 Å². The van der Waals surface area contributed by atoms with E-state index in [9.17, 15) is 25.1 Å². The van der Waals surface area contributed by atoms with E-state index >= 15 is 0 Å². The molecule has 30 heavy (non-hydrogen) atoms. The van der Waals surface area contributed by atoms with E-state index in [1.165, 1.54) is 12.1 Å². The molecule has 3 aromatic rings. The zero-order valence-corrected chi connectivity index (χ0v) is 16.9. The average Bonchev–Trinajstić information content (AvgIpc) is 2.98. The molecule has 0 fully saturated rings. The lowest BCUT2D eigenvalue weighted by Crippen LogP contribution is -2.07. The summed E-state index contributed by atoms with van der Waals surface area (Å²) in [5, 5.41) is 28.8. The third-order valence-electron chi connectivity index (χ3n) is 4.70. The molecule has 7 heteroatoms. The molecule has 0 aliphatic carbocycles. The predicted molar refractivity (Wildman–Crippen MR) is 114 cm³/mol. The van der Waals surface area contributed by atoms with Crippen molar-refractivity contribution in [1.29, 1.82) is 5.26 Å². The third kappa shape index (κ3) is 4.12. The van der Waals surface area contributed by atoms with Crippen molar-refractivity contribution >= 4 is 35.2 Å². The Bertz CT molecular complexity index is 1220. The number of hydrogen-bond acceptors (Lipinski definition) is 3. The first-order valence-electron chi connectivity index (χ1n) is 8.90. The van der Waals surface area contributed by atoms with Crippen LogP contribution in [0.25, 0.3) is 17.3 Å². The number of carboxylic acid groups (broad SMARTS) is 2. The van der Waals surface area contributed by atoms with Gasteiger partial charge in [-0.05, 0) is 67.4 Å². The van der Waals surface area contributed by atoms with Crippen molar-refractivity contribution in [3.8, 4) is 11.8 Å². The average molecular weight is 421 g/mol. The molecule has 2 N–H and O–H groups in total. The standard InChI is InChI=1S/C23H17ClN2O4/c1-13-6-16(7-19(12-25)15-4-3-5-20(24)9-15)14(2)26(13)21-10-17(22(27)28)8-18(11-21)23(29)30/h3-11H,1-2H3,(H,27,28)(H,29,30)/b19-7-. The molecule has 6 nitrogen and oxygen atoms in total. The van der Waals surface area contributed by atoms with Gasteiger partial charge in [-0.2, -0.15) is 5.26 Å². The molecular weight excluding hydrogens is 404 g/mol. The summed E-state index contributed by atoms with van der Waals surface area (Å²) in [6.07, 6.45) is 1.73. The fourth-order valence-corrected chi connectivity index (χ4v) is 3.50. The molecule has 0 unspecified atom stereocenters. The molecule has 1 heterocycles. The van der Waals surface area contributed by atoms with E-state index in [0.717, 1.165) is 23.0 Å². The van der Waals surface area contributed by atoms with Gasteiger partial charge < -0.3 is 14.8 Å². The second kappa shape index (κ2) is 8.27. The number of carbonyl (C=O) groups is 2. The smallest absolute Gasteiger partial charge is 0.335 e. The van der Waals surface area contributed by atoms with E-state index in [1.54, 1.807) is 34.9 Å². The second-order valence-corrected chi connectivity index (χ2v) is 7.16. The number of allylic oxidation sites excluding steroid dienone is 1. The number of aromatic carboxylic acids is 2. The quantitative estimate of drug-likeness (QED) is 0.551. The minimum atomic E-state index is -1.21. The summed E-state index contributed by atoms with van der Waals surface area (Å²) in [5.74, 6) is -2.43. The monoisotopic (exact) mass is 420 g/mol. The summed E-state index contributed by atoms with van der Waals surface area (Å²) in [7, 11) is 0. The van der Waals surface area contributed by atoms with Crippen molar-refractivity contribution < 1.29 is 19.8 Å². The minimum absolute atomic E-state index is 0.119. The predicted octanol–water partition coefficient (Wildman–Crippen LogP) is 5.21. The summed E-state index contributed by atoms with van der Waals surface area (Å²) in [6.45, 7) is 3.64. The fraction of sp³-hybridized carbons (Fsp3) is 0.0870. The van der Waals surface area contributed by atoms with Crippen LogP contribution >= 0.6 is 11.6 Å². The first-order chi connectivity index (χ1) is 14.2. The largest absolute Gasteiger partial charge is 0.478 e. The molecule has 0 radical (unpaired) electrons. The lowest BCUT2D eigenvalue weighted by atomic mass is 10.0. The molecule has 0 saturated heterocycles. The molecule has 150 valence electrons. The van der Waals surface area contributed by atoms with Crippen LogP contribution in [-0.2, 0) is 0 Å². The highest BCUT2D eigenvalue weighted by molar-refractivity contribution is 6.30. The van der Waals surface area contributed by atoms with Crippen LogP contribution in [-0.4, -0.2) is 26.7 Å². The van der Waals surface area contributed by atoms with Gasteiger partial charge in [0.25, 0.3) is 0 Å². The van der Waals surface area contributed by atoms with Gasteiger partial charge in [-0.3, -0.25) is 0 Å². The topological polar surface area (TPSA) is 103 Å². The van der Waals surface area contributed by atoms with Gasteiger partial charge in [0, 0.05) is 22.1 Å². The maximum atomic E-state index is 11.4. The molecule has 0 spiro atoms. The molecule has 3 rings (SSSR count). The van der Waals surface area contributed by atoms with Gasteiger partial charge in [0.05, 0.1) is 22.8 Å². The van der Waals surface area contributed by atoms with Gasteiger partial charge in [0.1, 0.15) is 0 Å². The Hall–Kier alpha value is -3.82. The Morgan fingerprint density at radius 3 is 2.17 bits per heavy atom. The fourth-order valence-electron chi connectivity index (χ4n) is 3.31. The number of nitriles is 1. The van der Waals surface area contributed by atoms with Crippen molar-refractivity contribution in [3.63, 3.8) is 0 Å². The van der Waals surface area contributed by atoms with Gasteiger partial charge in [0.2, 0.25) is 0 Å². The van der Waals surface area contributed by atoms with E-state index < -0.39 is 11.9 Å². The van der Waals surface area contributed by atoms with Crippen LogP contribution in [0.4, 0.5) is 0 Å². The molecule has 0 amide bonds. The maximum absolute atomic E-state index is 11.4. The lowest BCUT2D eigenvalue weighted by Gasteiger charge is -2.12. The first-order valence-corrected chi connectivity index (χ1v) is 9.27. The number of aryl methyl sites for hydroxylation is 1. The number of benzene rings is 2. The summed E-state index contributed by atoms with van der Waals surface area (Å²) < 4.78 is 1.76. The van der Waals surface area contributed by atoms with E-state index in [4.69, 9.17) is 11.6 Å². The van der Waals surface area contributed by atoms with Gasteiger partial charge in [-0.15, -0.1) is 0 Å². The zero-order valence-electron chi connectivity index (χ0n) is 16.2. The number of rotatable bonds is 5. The highest BCUT2D eigenvalue weighted by atomic mass is 35.5. The van der Waals surface area contributed by atoms with Crippen molar-refractivity contribution in [2.45, 2.75) is 13.8 Å². The first kappa shape index (κ1) is 20.9. The number of halogens is 1. The summed E-state index contributed by atoms with van der Waals surface area (Å²) in [5.41, 5.74) is 3.53. The van der Waals surface area contributed by atoms with Gasteiger partial charge in [-0.25, -0.2) is 9.59 Å². The Kier molecular flexibility index (Phi) is 5.77. The number of aromatic nitrogens is 1. The lowest BCUT2D eigenvalue weighted by molar-refractivity contribution is 0.0696. The summed E-state index contributed by atoms with van der Waals surface area (Å²) in [4.78, 5) is 22.9. The SMILES string of the molecule is Cc1cc(/C=C(/C#N)c2cccc(Cl)c2)c(C)n1-c1cc(C(=O)O)cc(C(=O)O)c1. The molecule has 0 aliphatic rings. The normalized spacial score (nSPS) is 11.2. The van der Waals surface area contributed by atoms with Crippen LogP contribution in [0.1, 0.15) is 43.2 Å². The van der Waals surface area contributed by atoms with Crippen LogP contribution < -0.4 is 0 Å². The molecular formula is C23H17ClN2O4. The summed E-state index contributed by atoms with van der Waals surface area (Å²) in [6, 6.07) is 15.0. The number of hydrogen-bond donors (Lipinski definition) is 2. The Labute approximate surface area is 177 Å². The van der Waals surface area contributed by atoms with Crippen LogP contribution in [0.2, 0.25) is 5.02 Å². The second-order valence-electron chi connectivity index (χ2n) is 6.72. The maximum Gasteiger partial charge on any atom is 0.335 e. The zero-order chi connectivity index (χ0) is 22.0. The van der Waals surface area contributed by atoms with Crippen molar-refractivity contribution in [2.75, 3.05) is 0 Å². The Morgan fingerprint density at radius 1 is 1.00 bits per heavy atom.